The van der Waals surface area contributed by atoms with Gasteiger partial charge in [0.25, 0.3) is 0 Å². The van der Waals surface area contributed by atoms with E-state index in [1.165, 1.54) is 34.4 Å². The lowest BCUT2D eigenvalue weighted by molar-refractivity contribution is -0.121. The number of rotatable bonds is 17. The molecular weight excluding hydrogens is 623 g/mol. The van der Waals surface area contributed by atoms with Gasteiger partial charge < -0.3 is 14.8 Å². The van der Waals surface area contributed by atoms with Gasteiger partial charge in [-0.3, -0.25) is 9.69 Å². The first kappa shape index (κ1) is 37.0. The lowest BCUT2D eigenvalue weighted by Gasteiger charge is -2.39. The van der Waals surface area contributed by atoms with Crippen LogP contribution in [0.2, 0.25) is 5.02 Å². The molecule has 1 N–H and O–H groups in total. The molecule has 0 radical (unpaired) electrons. The normalized spacial score (nSPS) is 16.3. The molecule has 0 aliphatic carbocycles. The molecular formula is C41H50ClFN2O3. The number of allylic oxidation sites excluding steroid dienone is 5. The molecule has 2 atom stereocenters. The van der Waals surface area contributed by atoms with E-state index in [2.05, 4.69) is 91.3 Å². The average Bonchev–Trinajstić information content (AvgIpc) is 3.10. The summed E-state index contributed by atoms with van der Waals surface area (Å²) in [4.78, 5) is 15.3. The third-order valence-corrected chi connectivity index (χ3v) is 9.92. The molecule has 1 aliphatic heterocycles. The first-order valence-corrected chi connectivity index (χ1v) is 17.3. The predicted molar refractivity (Wildman–Crippen MR) is 196 cm³/mol. The van der Waals surface area contributed by atoms with E-state index in [4.69, 9.17) is 21.1 Å². The molecule has 48 heavy (non-hydrogen) atoms. The fourth-order valence-electron chi connectivity index (χ4n) is 7.05. The van der Waals surface area contributed by atoms with Crippen LogP contribution < -0.4 is 14.8 Å². The molecule has 0 spiro atoms. The predicted octanol–water partition coefficient (Wildman–Crippen LogP) is 9.35. The molecule has 7 heteroatoms. The first-order chi connectivity index (χ1) is 23.3. The van der Waals surface area contributed by atoms with Crippen LogP contribution in [0.3, 0.4) is 0 Å². The lowest BCUT2D eigenvalue weighted by atomic mass is 9.67. The van der Waals surface area contributed by atoms with Crippen LogP contribution in [-0.2, 0) is 23.1 Å². The van der Waals surface area contributed by atoms with E-state index in [9.17, 15) is 9.18 Å². The topological polar surface area (TPSA) is 50.8 Å². The SMILES string of the molecule is C=C/C=C(\C=C/C)C(CCCNC(=O)CCc1ccc(Cl)c(F)c1)(CCCN1CCc2cc(OC)c(OC)cc2C1C)c1ccccc1. The first-order valence-electron chi connectivity index (χ1n) is 17.0. The Balaban J connectivity index is 1.48. The summed E-state index contributed by atoms with van der Waals surface area (Å²) in [5.74, 6) is 1.05. The Morgan fingerprint density at radius 3 is 2.50 bits per heavy atom. The molecule has 4 rings (SSSR count). The summed E-state index contributed by atoms with van der Waals surface area (Å²) < 4.78 is 25.0. The number of nitrogens with zero attached hydrogens (tertiary/aromatic N) is 1. The maximum atomic E-state index is 13.8. The number of fused-ring (bicyclic) bond motifs is 1. The quantitative estimate of drug-likeness (QED) is 0.115. The van der Waals surface area contributed by atoms with Crippen molar-refractivity contribution < 1.29 is 18.7 Å². The van der Waals surface area contributed by atoms with Crippen LogP contribution in [0.5, 0.6) is 11.5 Å². The molecule has 1 amide bonds. The van der Waals surface area contributed by atoms with Crippen molar-refractivity contribution in [3.8, 4) is 11.5 Å². The van der Waals surface area contributed by atoms with Gasteiger partial charge in [-0.05, 0) is 111 Å². The number of benzene rings is 3. The van der Waals surface area contributed by atoms with Gasteiger partial charge in [0.15, 0.2) is 11.5 Å². The van der Waals surface area contributed by atoms with Crippen molar-refractivity contribution in [2.24, 2.45) is 0 Å². The fraction of sp³-hybridized carbons (Fsp3) is 0.390. The highest BCUT2D eigenvalue weighted by Gasteiger charge is 2.35. The monoisotopic (exact) mass is 672 g/mol. The second kappa shape index (κ2) is 18.0. The van der Waals surface area contributed by atoms with Gasteiger partial charge in [0.1, 0.15) is 5.82 Å². The zero-order valence-electron chi connectivity index (χ0n) is 28.9. The molecule has 0 fully saturated rings. The highest BCUT2D eigenvalue weighted by molar-refractivity contribution is 6.30. The minimum absolute atomic E-state index is 0.0420. The maximum absolute atomic E-state index is 13.8. The highest BCUT2D eigenvalue weighted by atomic mass is 35.5. The van der Waals surface area contributed by atoms with Crippen LogP contribution in [0.15, 0.2) is 97.1 Å². The number of nitrogens with one attached hydrogen (secondary N) is 1. The van der Waals surface area contributed by atoms with Crippen LogP contribution in [0.25, 0.3) is 0 Å². The van der Waals surface area contributed by atoms with Gasteiger partial charge >= 0.3 is 0 Å². The number of amides is 1. The highest BCUT2D eigenvalue weighted by Crippen LogP contribution is 2.43. The number of ether oxygens (including phenoxy) is 2. The Bertz CT molecular complexity index is 1590. The molecule has 3 aromatic rings. The number of aryl methyl sites for hydroxylation is 1. The van der Waals surface area contributed by atoms with Crippen molar-refractivity contribution in [1.82, 2.24) is 10.2 Å². The van der Waals surface area contributed by atoms with Crippen LogP contribution >= 0.6 is 11.6 Å². The van der Waals surface area contributed by atoms with E-state index in [1.807, 2.05) is 6.08 Å². The number of carbonyl (C=O) groups is 1. The Morgan fingerprint density at radius 2 is 1.81 bits per heavy atom. The average molecular weight is 673 g/mol. The molecule has 256 valence electrons. The number of halogens is 2. The van der Waals surface area contributed by atoms with Gasteiger partial charge in [-0.15, -0.1) is 0 Å². The van der Waals surface area contributed by atoms with E-state index in [0.29, 0.717) is 19.4 Å². The summed E-state index contributed by atoms with van der Waals surface area (Å²) in [7, 11) is 3.37. The van der Waals surface area contributed by atoms with E-state index >= 15 is 0 Å². The second-order valence-electron chi connectivity index (χ2n) is 12.5. The number of methoxy groups -OCH3 is 2. The largest absolute Gasteiger partial charge is 0.493 e. The zero-order chi connectivity index (χ0) is 34.5. The molecule has 0 saturated heterocycles. The number of carbonyl (C=O) groups excluding carboxylic acids is 1. The molecule has 0 aromatic heterocycles. The Morgan fingerprint density at radius 1 is 1.08 bits per heavy atom. The molecule has 2 unspecified atom stereocenters. The maximum Gasteiger partial charge on any atom is 0.220 e. The fourth-order valence-corrected chi connectivity index (χ4v) is 7.17. The molecule has 3 aromatic carbocycles. The summed E-state index contributed by atoms with van der Waals surface area (Å²) in [5, 5.41) is 3.19. The minimum Gasteiger partial charge on any atom is -0.493 e. The Labute approximate surface area is 291 Å². The van der Waals surface area contributed by atoms with Gasteiger partial charge in [-0.25, -0.2) is 4.39 Å². The third kappa shape index (κ3) is 9.18. The van der Waals surface area contributed by atoms with Crippen molar-refractivity contribution in [3.05, 3.63) is 130 Å². The van der Waals surface area contributed by atoms with Gasteiger partial charge in [0.05, 0.1) is 19.2 Å². The summed E-state index contributed by atoms with van der Waals surface area (Å²) >= 11 is 5.81. The minimum atomic E-state index is -0.461. The molecule has 1 heterocycles. The summed E-state index contributed by atoms with van der Waals surface area (Å²) in [6.45, 7) is 10.9. The Hall–Kier alpha value is -3.87. The van der Waals surface area contributed by atoms with Crippen LogP contribution in [0, 0.1) is 5.82 Å². The summed E-state index contributed by atoms with van der Waals surface area (Å²) in [5.41, 5.74) is 5.59. The van der Waals surface area contributed by atoms with Crippen molar-refractivity contribution in [3.63, 3.8) is 0 Å². The standard InChI is InChI=1S/C41H50ClFN2O3/c1-6-13-33(14-7-2)41(34-15-9-8-10-16-34,22-11-24-44-40(46)20-18-31-17-19-36(42)37(43)27-31)23-12-25-45-26-21-32-28-38(47-4)39(48-5)29-35(32)30(45)3/h6-10,13-17,19,27-30H,1,11-12,18,20-26H2,2-5H3,(H,44,46)/b14-7-,33-13+. The number of hydrogen-bond donors (Lipinski definition) is 1. The van der Waals surface area contributed by atoms with Gasteiger partial charge in [0, 0.05) is 31.0 Å². The molecule has 5 nitrogen and oxygen atoms in total. The van der Waals surface area contributed by atoms with Crippen LogP contribution in [0.4, 0.5) is 4.39 Å². The van der Waals surface area contributed by atoms with Crippen molar-refractivity contribution in [2.75, 3.05) is 33.9 Å². The van der Waals surface area contributed by atoms with Gasteiger partial charge in [-0.1, -0.05) is 78.9 Å². The lowest BCUT2D eigenvalue weighted by Crippen LogP contribution is -2.36. The van der Waals surface area contributed by atoms with E-state index in [-0.39, 0.29) is 22.4 Å². The van der Waals surface area contributed by atoms with E-state index in [1.54, 1.807) is 20.3 Å². The zero-order valence-corrected chi connectivity index (χ0v) is 29.6. The van der Waals surface area contributed by atoms with Crippen LogP contribution in [-0.4, -0.2) is 44.7 Å². The van der Waals surface area contributed by atoms with Crippen LogP contribution in [0.1, 0.15) is 74.2 Å². The Kier molecular flexibility index (Phi) is 13.9. The van der Waals surface area contributed by atoms with Crippen molar-refractivity contribution >= 4 is 17.5 Å². The molecule has 0 bridgehead atoms. The van der Waals surface area contributed by atoms with Crippen molar-refractivity contribution in [2.45, 2.75) is 70.3 Å². The smallest absolute Gasteiger partial charge is 0.220 e. The number of hydrogen-bond acceptors (Lipinski definition) is 4. The third-order valence-electron chi connectivity index (χ3n) is 9.61. The molecule has 1 aliphatic rings. The van der Waals surface area contributed by atoms with Gasteiger partial charge in [0.2, 0.25) is 5.91 Å². The van der Waals surface area contributed by atoms with Crippen molar-refractivity contribution in [1.29, 1.82) is 0 Å². The van der Waals surface area contributed by atoms with E-state index < -0.39 is 5.82 Å². The molecule has 0 saturated carbocycles. The van der Waals surface area contributed by atoms with E-state index in [0.717, 1.165) is 62.3 Å². The summed E-state index contributed by atoms with van der Waals surface area (Å²) in [6, 6.07) is 20.0. The summed E-state index contributed by atoms with van der Waals surface area (Å²) in [6.07, 6.45) is 13.6. The second-order valence-corrected chi connectivity index (χ2v) is 12.9. The van der Waals surface area contributed by atoms with Gasteiger partial charge in [-0.2, -0.15) is 0 Å².